The fourth-order valence-corrected chi connectivity index (χ4v) is 1.94. The van der Waals surface area contributed by atoms with E-state index in [2.05, 4.69) is 10.5 Å². The Morgan fingerprint density at radius 1 is 1.43 bits per heavy atom. The van der Waals surface area contributed by atoms with Crippen LogP contribution in [0.4, 0.5) is 5.69 Å². The molecule has 112 valence electrons. The highest BCUT2D eigenvalue weighted by molar-refractivity contribution is 5.78. The van der Waals surface area contributed by atoms with Crippen molar-refractivity contribution in [2.24, 2.45) is 0 Å². The summed E-state index contributed by atoms with van der Waals surface area (Å²) in [4.78, 5) is 11.8. The molecule has 1 heterocycles. The van der Waals surface area contributed by atoms with Gasteiger partial charge < -0.3 is 20.3 Å². The largest absolute Gasteiger partial charge is 0.492 e. The highest BCUT2D eigenvalue weighted by Crippen LogP contribution is 2.14. The molecule has 0 aliphatic rings. The first-order valence-electron chi connectivity index (χ1n) is 6.73. The molecule has 6 heteroatoms. The lowest BCUT2D eigenvalue weighted by Gasteiger charge is -2.08. The van der Waals surface area contributed by atoms with Gasteiger partial charge in [-0.25, -0.2) is 0 Å². The number of hydrogen-bond donors (Lipinski definition) is 2. The number of aryl methyl sites for hydroxylation is 2. The molecule has 2 aromatic rings. The predicted octanol–water partition coefficient (Wildman–Crippen LogP) is 1.61. The zero-order valence-corrected chi connectivity index (χ0v) is 12.2. The third-order valence-corrected chi connectivity index (χ3v) is 3.07. The summed E-state index contributed by atoms with van der Waals surface area (Å²) in [5.41, 5.74) is 7.88. The smallest absolute Gasteiger partial charge is 0.224 e. The maximum Gasteiger partial charge on any atom is 0.224 e. The summed E-state index contributed by atoms with van der Waals surface area (Å²) in [6, 6.07) is 7.17. The molecular weight excluding hydrogens is 270 g/mol. The second kappa shape index (κ2) is 6.78. The van der Waals surface area contributed by atoms with Gasteiger partial charge in [-0.15, -0.1) is 0 Å². The van der Waals surface area contributed by atoms with E-state index in [0.29, 0.717) is 30.3 Å². The van der Waals surface area contributed by atoms with E-state index in [-0.39, 0.29) is 12.3 Å². The number of nitrogens with two attached hydrogens (primary N) is 1. The summed E-state index contributed by atoms with van der Waals surface area (Å²) in [5.74, 6) is 1.29. The molecule has 0 saturated heterocycles. The van der Waals surface area contributed by atoms with Crippen LogP contribution in [0.1, 0.15) is 17.0 Å². The third kappa shape index (κ3) is 4.24. The Morgan fingerprint density at radius 3 is 2.90 bits per heavy atom. The average Bonchev–Trinajstić information content (AvgIpc) is 2.76. The number of benzene rings is 1. The molecule has 21 heavy (non-hydrogen) atoms. The number of ether oxygens (including phenoxy) is 1. The van der Waals surface area contributed by atoms with Crippen LogP contribution in [0.2, 0.25) is 0 Å². The minimum Gasteiger partial charge on any atom is -0.492 e. The minimum absolute atomic E-state index is 0.0828. The third-order valence-electron chi connectivity index (χ3n) is 3.07. The van der Waals surface area contributed by atoms with E-state index >= 15 is 0 Å². The normalized spacial score (nSPS) is 10.4. The van der Waals surface area contributed by atoms with E-state index in [1.165, 1.54) is 0 Å². The van der Waals surface area contributed by atoms with Crippen LogP contribution in [-0.4, -0.2) is 24.2 Å². The minimum atomic E-state index is -0.0828. The second-order valence-corrected chi connectivity index (χ2v) is 4.75. The summed E-state index contributed by atoms with van der Waals surface area (Å²) >= 11 is 0. The molecule has 1 aromatic carbocycles. The Kier molecular flexibility index (Phi) is 4.81. The fourth-order valence-electron chi connectivity index (χ4n) is 1.94. The van der Waals surface area contributed by atoms with Crippen molar-refractivity contribution in [3.05, 3.63) is 41.3 Å². The number of carbonyl (C=O) groups excluding carboxylic acids is 1. The number of amides is 1. The number of nitrogens with one attached hydrogen (secondary N) is 1. The maximum absolute atomic E-state index is 11.8. The van der Waals surface area contributed by atoms with Gasteiger partial charge in [0.1, 0.15) is 18.1 Å². The molecule has 0 unspecified atom stereocenters. The maximum atomic E-state index is 11.8. The molecule has 0 radical (unpaired) electrons. The second-order valence-electron chi connectivity index (χ2n) is 4.75. The van der Waals surface area contributed by atoms with Crippen LogP contribution in [-0.2, 0) is 11.2 Å². The van der Waals surface area contributed by atoms with Crippen LogP contribution in [0.3, 0.4) is 0 Å². The summed E-state index contributed by atoms with van der Waals surface area (Å²) in [6.45, 7) is 4.43. The van der Waals surface area contributed by atoms with Crippen molar-refractivity contribution in [2.45, 2.75) is 20.3 Å². The lowest BCUT2D eigenvalue weighted by Crippen LogP contribution is -2.29. The fraction of sp³-hybridized carbons (Fsp3) is 0.333. The van der Waals surface area contributed by atoms with Crippen molar-refractivity contribution in [3.8, 4) is 5.75 Å². The summed E-state index contributed by atoms with van der Waals surface area (Å²) in [6.07, 6.45) is 0.263. The highest BCUT2D eigenvalue weighted by Gasteiger charge is 2.12. The Labute approximate surface area is 123 Å². The first-order chi connectivity index (χ1) is 10.1. The molecular formula is C15H19N3O3. The van der Waals surface area contributed by atoms with Gasteiger partial charge in [-0.1, -0.05) is 11.2 Å². The van der Waals surface area contributed by atoms with Gasteiger partial charge in [0.15, 0.2) is 0 Å². The number of carbonyl (C=O) groups is 1. The summed E-state index contributed by atoms with van der Waals surface area (Å²) < 4.78 is 10.5. The van der Waals surface area contributed by atoms with E-state index in [9.17, 15) is 4.79 Å². The van der Waals surface area contributed by atoms with Crippen LogP contribution in [0.5, 0.6) is 5.75 Å². The molecule has 1 aromatic heterocycles. The number of nitrogen functional groups attached to an aromatic ring is 1. The first kappa shape index (κ1) is 14.9. The molecule has 6 nitrogen and oxygen atoms in total. The van der Waals surface area contributed by atoms with Crippen LogP contribution in [0.15, 0.2) is 28.8 Å². The Hall–Kier alpha value is -2.50. The van der Waals surface area contributed by atoms with Crippen LogP contribution in [0, 0.1) is 13.8 Å². The van der Waals surface area contributed by atoms with E-state index < -0.39 is 0 Å². The lowest BCUT2D eigenvalue weighted by atomic mass is 10.1. The molecule has 0 atom stereocenters. The topological polar surface area (TPSA) is 90.4 Å². The molecule has 0 spiro atoms. The molecule has 2 rings (SSSR count). The Bertz CT molecular complexity index is 603. The lowest BCUT2D eigenvalue weighted by molar-refractivity contribution is -0.120. The Balaban J connectivity index is 1.72. The highest BCUT2D eigenvalue weighted by atomic mass is 16.5. The van der Waals surface area contributed by atoms with Crippen molar-refractivity contribution in [3.63, 3.8) is 0 Å². The predicted molar refractivity (Wildman–Crippen MR) is 79.0 cm³/mol. The van der Waals surface area contributed by atoms with Gasteiger partial charge in [-0.3, -0.25) is 4.79 Å². The van der Waals surface area contributed by atoms with Gasteiger partial charge in [0.05, 0.1) is 18.7 Å². The number of nitrogens with zero attached hydrogens (tertiary/aromatic N) is 1. The van der Waals surface area contributed by atoms with Crippen molar-refractivity contribution in [2.75, 3.05) is 18.9 Å². The van der Waals surface area contributed by atoms with Crippen LogP contribution >= 0.6 is 0 Å². The molecule has 0 aliphatic carbocycles. The number of anilines is 1. The van der Waals surface area contributed by atoms with Gasteiger partial charge >= 0.3 is 0 Å². The van der Waals surface area contributed by atoms with Gasteiger partial charge in [-0.2, -0.15) is 0 Å². The van der Waals surface area contributed by atoms with E-state index in [1.807, 2.05) is 19.1 Å². The molecule has 0 fully saturated rings. The number of aromatic nitrogens is 1. The molecule has 3 N–H and O–H groups in total. The van der Waals surface area contributed by atoms with Gasteiger partial charge in [-0.05, 0) is 26.0 Å². The zero-order chi connectivity index (χ0) is 15.2. The number of rotatable bonds is 6. The summed E-state index contributed by atoms with van der Waals surface area (Å²) in [7, 11) is 0. The van der Waals surface area contributed by atoms with Gasteiger partial charge in [0.2, 0.25) is 5.91 Å². The Morgan fingerprint density at radius 2 is 2.24 bits per heavy atom. The number of hydrogen-bond acceptors (Lipinski definition) is 5. The van der Waals surface area contributed by atoms with Crippen LogP contribution in [0.25, 0.3) is 0 Å². The van der Waals surface area contributed by atoms with E-state index in [1.54, 1.807) is 19.1 Å². The van der Waals surface area contributed by atoms with Crippen molar-refractivity contribution >= 4 is 11.6 Å². The van der Waals surface area contributed by atoms with Crippen molar-refractivity contribution in [1.29, 1.82) is 0 Å². The van der Waals surface area contributed by atoms with Crippen molar-refractivity contribution in [1.82, 2.24) is 10.5 Å². The van der Waals surface area contributed by atoms with E-state index in [0.717, 1.165) is 11.3 Å². The van der Waals surface area contributed by atoms with Gasteiger partial charge in [0, 0.05) is 17.3 Å². The van der Waals surface area contributed by atoms with Crippen LogP contribution < -0.4 is 15.8 Å². The van der Waals surface area contributed by atoms with Gasteiger partial charge in [0.25, 0.3) is 0 Å². The summed E-state index contributed by atoms with van der Waals surface area (Å²) in [5, 5.41) is 6.62. The molecule has 0 saturated carbocycles. The molecule has 0 bridgehead atoms. The monoisotopic (exact) mass is 289 g/mol. The molecule has 0 aliphatic heterocycles. The first-order valence-corrected chi connectivity index (χ1v) is 6.73. The van der Waals surface area contributed by atoms with E-state index in [4.69, 9.17) is 15.0 Å². The standard InChI is InChI=1S/C15H19N3O3/c1-10-14(11(2)21-18-10)9-15(19)17-6-7-20-13-5-3-4-12(16)8-13/h3-5,8H,6-7,9,16H2,1-2H3,(H,17,19). The average molecular weight is 289 g/mol. The molecule has 1 amide bonds. The van der Waals surface area contributed by atoms with Crippen molar-refractivity contribution < 1.29 is 14.1 Å². The SMILES string of the molecule is Cc1noc(C)c1CC(=O)NCCOc1cccc(N)c1. The zero-order valence-electron chi connectivity index (χ0n) is 12.2. The quantitative estimate of drug-likeness (QED) is 0.623.